The molecule has 0 aliphatic rings. The number of unbranched alkanes of at least 4 members (excludes halogenated alkanes) is 1. The van der Waals surface area contributed by atoms with E-state index in [0.29, 0.717) is 30.3 Å². The van der Waals surface area contributed by atoms with Gasteiger partial charge in [-0.2, -0.15) is 0 Å². The number of amides is 1. The largest absolute Gasteiger partial charge is 0.494 e. The maximum absolute atomic E-state index is 12.2. The van der Waals surface area contributed by atoms with E-state index < -0.39 is 10.8 Å². The molecule has 0 aliphatic carbocycles. The second kappa shape index (κ2) is 12.4. The van der Waals surface area contributed by atoms with Crippen molar-refractivity contribution in [1.82, 2.24) is 0 Å². The number of hydrogen-bond donors (Lipinski definition) is 1. The highest BCUT2D eigenvalue weighted by Crippen LogP contribution is 2.24. The molecule has 194 valence electrons. The number of nitro benzene ring substituents is 1. The summed E-state index contributed by atoms with van der Waals surface area (Å²) in [5, 5.41) is 14.5. The maximum atomic E-state index is 12.2. The van der Waals surface area contributed by atoms with E-state index in [2.05, 4.69) is 5.32 Å². The van der Waals surface area contributed by atoms with Gasteiger partial charge in [-0.15, -0.1) is 0 Å². The normalized spacial score (nSPS) is 11.0. The highest BCUT2D eigenvalue weighted by Gasteiger charge is 2.13. The van der Waals surface area contributed by atoms with Crippen molar-refractivity contribution in [3.63, 3.8) is 0 Å². The quantitative estimate of drug-likeness (QED) is 0.0869. The van der Waals surface area contributed by atoms with Crippen molar-refractivity contribution in [2.45, 2.75) is 19.8 Å². The van der Waals surface area contributed by atoms with E-state index in [0.717, 1.165) is 29.4 Å². The minimum absolute atomic E-state index is 0.141. The van der Waals surface area contributed by atoms with Gasteiger partial charge in [0.25, 0.3) is 5.69 Å². The van der Waals surface area contributed by atoms with Gasteiger partial charge in [0, 0.05) is 29.7 Å². The lowest BCUT2D eigenvalue weighted by Gasteiger charge is -2.09. The molecule has 0 radical (unpaired) electrons. The lowest BCUT2D eigenvalue weighted by atomic mass is 10.1. The molecule has 4 rings (SSSR count). The number of benzene rings is 3. The smallest absolute Gasteiger partial charge is 0.336 e. The summed E-state index contributed by atoms with van der Waals surface area (Å²) in [5.74, 6) is 0.879. The summed E-state index contributed by atoms with van der Waals surface area (Å²) in [6.07, 6.45) is 4.50. The minimum Gasteiger partial charge on any atom is -0.494 e. The van der Waals surface area contributed by atoms with Crippen LogP contribution in [0.3, 0.4) is 0 Å². The summed E-state index contributed by atoms with van der Waals surface area (Å²) in [5.41, 5.74) is 1.75. The van der Waals surface area contributed by atoms with Gasteiger partial charge < -0.3 is 19.2 Å². The molecule has 0 bridgehead atoms. The average Bonchev–Trinajstić information content (AvgIpc) is 2.90. The summed E-state index contributed by atoms with van der Waals surface area (Å²) >= 11 is 0. The van der Waals surface area contributed by atoms with Gasteiger partial charge in [-0.05, 0) is 67.3 Å². The van der Waals surface area contributed by atoms with Gasteiger partial charge >= 0.3 is 5.63 Å². The average molecular weight is 515 g/mol. The number of ether oxygens (including phenoxy) is 2. The predicted molar refractivity (Wildman–Crippen MR) is 145 cm³/mol. The molecule has 0 unspecified atom stereocenters. The van der Waals surface area contributed by atoms with E-state index in [1.807, 2.05) is 31.2 Å². The molecular formula is C29H26N2O7. The zero-order chi connectivity index (χ0) is 26.9. The van der Waals surface area contributed by atoms with Crippen LogP contribution in [-0.2, 0) is 4.79 Å². The first-order valence-electron chi connectivity index (χ1n) is 12.0. The number of carbonyl (C=O) groups is 1. The third-order valence-corrected chi connectivity index (χ3v) is 5.66. The summed E-state index contributed by atoms with van der Waals surface area (Å²) in [6.45, 7) is 2.89. The molecule has 0 spiro atoms. The molecule has 38 heavy (non-hydrogen) atoms. The van der Waals surface area contributed by atoms with Gasteiger partial charge in [0.1, 0.15) is 22.8 Å². The number of hydrogen-bond acceptors (Lipinski definition) is 7. The van der Waals surface area contributed by atoms with Gasteiger partial charge in [0.05, 0.1) is 18.1 Å². The first kappa shape index (κ1) is 26.2. The van der Waals surface area contributed by atoms with E-state index in [1.165, 1.54) is 30.3 Å². The molecule has 1 aromatic heterocycles. The van der Waals surface area contributed by atoms with E-state index >= 15 is 0 Å². The number of nitro groups is 1. The zero-order valence-electron chi connectivity index (χ0n) is 20.7. The van der Waals surface area contributed by atoms with Gasteiger partial charge in [-0.25, -0.2) is 4.79 Å². The van der Waals surface area contributed by atoms with Crippen LogP contribution in [0.4, 0.5) is 11.4 Å². The molecule has 0 saturated heterocycles. The van der Waals surface area contributed by atoms with Crippen LogP contribution in [0.25, 0.3) is 17.0 Å². The van der Waals surface area contributed by atoms with Crippen molar-refractivity contribution in [2.24, 2.45) is 0 Å². The van der Waals surface area contributed by atoms with Crippen LogP contribution in [0.1, 0.15) is 24.0 Å². The second-order valence-electron chi connectivity index (χ2n) is 8.48. The highest BCUT2D eigenvalue weighted by atomic mass is 16.6. The number of anilines is 1. The fraction of sp³-hybridized carbons (Fsp3) is 0.172. The van der Waals surface area contributed by atoms with Crippen molar-refractivity contribution in [2.75, 3.05) is 18.5 Å². The molecule has 0 atom stereocenters. The van der Waals surface area contributed by atoms with Crippen LogP contribution in [-0.4, -0.2) is 24.0 Å². The molecular weight excluding hydrogens is 488 g/mol. The van der Waals surface area contributed by atoms with Crippen LogP contribution >= 0.6 is 0 Å². The number of aryl methyl sites for hydroxylation is 1. The zero-order valence-corrected chi connectivity index (χ0v) is 20.7. The fourth-order valence-electron chi connectivity index (χ4n) is 3.74. The Morgan fingerprint density at radius 3 is 2.39 bits per heavy atom. The number of carbonyl (C=O) groups excluding carboxylic acids is 1. The van der Waals surface area contributed by atoms with E-state index in [1.54, 1.807) is 30.3 Å². The van der Waals surface area contributed by atoms with Crippen LogP contribution in [0.2, 0.25) is 0 Å². The molecule has 0 fully saturated rings. The molecule has 0 aliphatic heterocycles. The third kappa shape index (κ3) is 7.07. The molecule has 3 aromatic carbocycles. The van der Waals surface area contributed by atoms with Crippen molar-refractivity contribution in [1.29, 1.82) is 0 Å². The van der Waals surface area contributed by atoms with E-state index in [4.69, 9.17) is 13.9 Å². The number of rotatable bonds is 11. The molecule has 1 amide bonds. The molecule has 9 heteroatoms. The molecule has 9 nitrogen and oxygen atoms in total. The summed E-state index contributed by atoms with van der Waals surface area (Å²) < 4.78 is 16.8. The van der Waals surface area contributed by atoms with Crippen LogP contribution < -0.4 is 20.4 Å². The standard InChI is InChI=1S/C29H26N2O7/c1-20-18-29(33)38-27-19-23(13-14-24(20)27)37-17-5-4-16-36-22-11-8-21(9-12-22)10-15-28(32)30-25-6-2-3-7-26(25)31(34)35/h2-3,6-15,18-19H,4-5,16-17H2,1H3,(H,30,32)/b15-10+. The Morgan fingerprint density at radius 1 is 0.974 bits per heavy atom. The third-order valence-electron chi connectivity index (χ3n) is 5.66. The Balaban J connectivity index is 1.18. The van der Waals surface area contributed by atoms with Crippen molar-refractivity contribution < 1.29 is 23.6 Å². The highest BCUT2D eigenvalue weighted by molar-refractivity contribution is 6.03. The van der Waals surface area contributed by atoms with Crippen molar-refractivity contribution in [3.8, 4) is 11.5 Å². The maximum Gasteiger partial charge on any atom is 0.336 e. The van der Waals surface area contributed by atoms with E-state index in [-0.39, 0.29) is 17.0 Å². The predicted octanol–water partition coefficient (Wildman–Crippen LogP) is 5.90. The number of para-hydroxylation sites is 2. The summed E-state index contributed by atoms with van der Waals surface area (Å²) in [6, 6.07) is 20.1. The summed E-state index contributed by atoms with van der Waals surface area (Å²) in [4.78, 5) is 34.3. The Kier molecular flexibility index (Phi) is 8.50. The Morgan fingerprint density at radius 2 is 1.66 bits per heavy atom. The van der Waals surface area contributed by atoms with Gasteiger partial charge in [0.2, 0.25) is 5.91 Å². The first-order valence-corrected chi connectivity index (χ1v) is 12.0. The lowest BCUT2D eigenvalue weighted by molar-refractivity contribution is -0.383. The molecule has 0 saturated carbocycles. The number of fused-ring (bicyclic) bond motifs is 1. The number of nitrogens with zero attached hydrogens (tertiary/aromatic N) is 1. The van der Waals surface area contributed by atoms with Crippen LogP contribution in [0.5, 0.6) is 11.5 Å². The molecule has 1 N–H and O–H groups in total. The van der Waals surface area contributed by atoms with E-state index in [9.17, 15) is 19.7 Å². The van der Waals surface area contributed by atoms with Crippen molar-refractivity contribution >= 4 is 34.3 Å². The monoisotopic (exact) mass is 514 g/mol. The Labute approximate surface area is 218 Å². The molecule has 1 heterocycles. The Hall–Kier alpha value is -4.92. The van der Waals surface area contributed by atoms with Gasteiger partial charge in [-0.1, -0.05) is 24.3 Å². The first-order chi connectivity index (χ1) is 18.4. The Bertz CT molecular complexity index is 1520. The van der Waals surface area contributed by atoms with Crippen LogP contribution in [0, 0.1) is 17.0 Å². The summed E-state index contributed by atoms with van der Waals surface area (Å²) in [7, 11) is 0. The number of nitrogens with one attached hydrogen (secondary N) is 1. The SMILES string of the molecule is Cc1cc(=O)oc2cc(OCCCCOc3ccc(/C=C/C(=O)Nc4ccccc4[N+](=O)[O-])cc3)ccc12. The van der Waals surface area contributed by atoms with Gasteiger partial charge in [-0.3, -0.25) is 14.9 Å². The van der Waals surface area contributed by atoms with Gasteiger partial charge in [0.15, 0.2) is 0 Å². The topological polar surface area (TPSA) is 121 Å². The fourth-order valence-corrected chi connectivity index (χ4v) is 3.74. The lowest BCUT2D eigenvalue weighted by Crippen LogP contribution is -2.09. The van der Waals surface area contributed by atoms with Crippen molar-refractivity contribution in [3.05, 3.63) is 111 Å². The molecule has 4 aromatic rings. The van der Waals surface area contributed by atoms with Crippen LogP contribution in [0.15, 0.2) is 88.1 Å². The second-order valence-corrected chi connectivity index (χ2v) is 8.48. The minimum atomic E-state index is -0.543.